The Morgan fingerprint density at radius 3 is 2.52 bits per heavy atom. The number of fused-ring (bicyclic) bond motifs is 1. The molecule has 0 aromatic carbocycles. The third kappa shape index (κ3) is 4.09. The van der Waals surface area contributed by atoms with Gasteiger partial charge in [-0.3, -0.25) is 23.6 Å². The molecule has 0 aliphatic heterocycles. The lowest BCUT2D eigenvalue weighted by Gasteiger charge is -2.16. The molecule has 3 aromatic heterocycles. The maximum atomic E-state index is 13.2. The van der Waals surface area contributed by atoms with Crippen molar-refractivity contribution in [3.8, 4) is 0 Å². The molecule has 9 nitrogen and oxygen atoms in total. The highest BCUT2D eigenvalue weighted by Crippen LogP contribution is 2.31. The molecule has 0 saturated carbocycles. The molecule has 10 heteroatoms. The number of rotatable bonds is 7. The van der Waals surface area contributed by atoms with Crippen molar-refractivity contribution in [3.63, 3.8) is 0 Å². The van der Waals surface area contributed by atoms with Crippen molar-refractivity contribution in [2.75, 3.05) is 14.2 Å². The standard InChI is InChI=1S/C21H29N5O4S/c1-12(2)10-26-20-16(18(27)23(5)21(26)29)15(19(28)24(6)30-7)14(31-20)11-25-9-8-22-17(25)13(3)4/h8-9,12-13H,10-11H2,1-7H3. The van der Waals surface area contributed by atoms with Crippen LogP contribution in [-0.4, -0.2) is 43.8 Å². The molecule has 168 valence electrons. The molecule has 0 atom stereocenters. The molecule has 31 heavy (non-hydrogen) atoms. The van der Waals surface area contributed by atoms with Crippen LogP contribution in [0.15, 0.2) is 22.0 Å². The first-order valence-corrected chi connectivity index (χ1v) is 11.0. The second-order valence-electron chi connectivity index (χ2n) is 8.28. The van der Waals surface area contributed by atoms with Crippen molar-refractivity contribution in [2.24, 2.45) is 13.0 Å². The zero-order chi connectivity index (χ0) is 23.0. The lowest BCUT2D eigenvalue weighted by Crippen LogP contribution is -2.39. The lowest BCUT2D eigenvalue weighted by atomic mass is 10.1. The quantitative estimate of drug-likeness (QED) is 0.519. The van der Waals surface area contributed by atoms with Gasteiger partial charge < -0.3 is 4.57 Å². The molecular weight excluding hydrogens is 418 g/mol. The van der Waals surface area contributed by atoms with E-state index in [1.165, 1.54) is 32.5 Å². The van der Waals surface area contributed by atoms with Crippen molar-refractivity contribution in [2.45, 2.75) is 46.7 Å². The fourth-order valence-corrected chi connectivity index (χ4v) is 4.87. The Hall–Kier alpha value is -2.72. The monoisotopic (exact) mass is 447 g/mol. The van der Waals surface area contributed by atoms with Crippen LogP contribution < -0.4 is 11.2 Å². The molecule has 0 aliphatic carbocycles. The predicted molar refractivity (Wildman–Crippen MR) is 121 cm³/mol. The number of nitrogens with zero attached hydrogens (tertiary/aromatic N) is 5. The molecule has 0 unspecified atom stereocenters. The van der Waals surface area contributed by atoms with Gasteiger partial charge in [0.05, 0.1) is 24.6 Å². The van der Waals surface area contributed by atoms with E-state index in [0.717, 1.165) is 15.5 Å². The number of amides is 1. The summed E-state index contributed by atoms with van der Waals surface area (Å²) in [6.07, 6.45) is 3.58. The van der Waals surface area contributed by atoms with E-state index >= 15 is 0 Å². The number of hydrogen-bond donors (Lipinski definition) is 0. The molecule has 3 aromatic rings. The van der Waals surface area contributed by atoms with Crippen LogP contribution in [0.3, 0.4) is 0 Å². The summed E-state index contributed by atoms with van der Waals surface area (Å²) in [6.45, 7) is 8.91. The van der Waals surface area contributed by atoms with E-state index in [2.05, 4.69) is 4.98 Å². The van der Waals surface area contributed by atoms with Gasteiger partial charge in [-0.25, -0.2) is 14.8 Å². The number of aromatic nitrogens is 4. The van der Waals surface area contributed by atoms with Gasteiger partial charge in [0.25, 0.3) is 11.5 Å². The summed E-state index contributed by atoms with van der Waals surface area (Å²) in [6, 6.07) is 0. The Morgan fingerprint density at radius 2 is 1.94 bits per heavy atom. The van der Waals surface area contributed by atoms with Crippen LogP contribution in [0.2, 0.25) is 0 Å². The molecule has 0 saturated heterocycles. The maximum absolute atomic E-state index is 13.2. The number of imidazole rings is 1. The minimum atomic E-state index is -0.481. The Morgan fingerprint density at radius 1 is 1.26 bits per heavy atom. The second-order valence-corrected chi connectivity index (χ2v) is 9.37. The van der Waals surface area contributed by atoms with Crippen molar-refractivity contribution in [1.29, 1.82) is 0 Å². The third-order valence-electron chi connectivity index (χ3n) is 5.14. The van der Waals surface area contributed by atoms with E-state index in [-0.39, 0.29) is 28.5 Å². The summed E-state index contributed by atoms with van der Waals surface area (Å²) in [5.74, 6) is 0.827. The van der Waals surface area contributed by atoms with Gasteiger partial charge >= 0.3 is 5.69 Å². The van der Waals surface area contributed by atoms with Crippen molar-refractivity contribution in [3.05, 3.63) is 49.5 Å². The largest absolute Gasteiger partial charge is 0.331 e. The summed E-state index contributed by atoms with van der Waals surface area (Å²) in [7, 11) is 4.34. The zero-order valence-corrected chi connectivity index (χ0v) is 19.8. The molecule has 3 heterocycles. The second kappa shape index (κ2) is 8.80. The van der Waals surface area contributed by atoms with E-state index in [4.69, 9.17) is 4.84 Å². The topological polar surface area (TPSA) is 91.4 Å². The van der Waals surface area contributed by atoms with Crippen molar-refractivity contribution in [1.82, 2.24) is 23.7 Å². The van der Waals surface area contributed by atoms with Crippen LogP contribution >= 0.6 is 11.3 Å². The predicted octanol–water partition coefficient (Wildman–Crippen LogP) is 2.42. The highest BCUT2D eigenvalue weighted by molar-refractivity contribution is 7.19. The van der Waals surface area contributed by atoms with Crippen LogP contribution in [-0.2, 0) is 25.0 Å². The average Bonchev–Trinajstić information content (AvgIpc) is 3.33. The normalized spacial score (nSPS) is 11.8. The molecular formula is C21H29N5O4S. The van der Waals surface area contributed by atoms with E-state index < -0.39 is 11.5 Å². The van der Waals surface area contributed by atoms with Crippen LogP contribution in [0.25, 0.3) is 10.2 Å². The van der Waals surface area contributed by atoms with Crippen LogP contribution in [0.4, 0.5) is 0 Å². The Balaban J connectivity index is 2.36. The van der Waals surface area contributed by atoms with Crippen molar-refractivity contribution >= 4 is 27.5 Å². The number of thiophene rings is 1. The molecule has 0 fully saturated rings. The fraction of sp³-hybridized carbons (Fsp3) is 0.524. The first kappa shape index (κ1) is 23.0. The summed E-state index contributed by atoms with van der Waals surface area (Å²) in [4.78, 5) is 50.0. The Labute approximate surface area is 184 Å². The fourth-order valence-electron chi connectivity index (χ4n) is 3.59. The molecule has 0 N–H and O–H groups in total. The highest BCUT2D eigenvalue weighted by atomic mass is 32.1. The van der Waals surface area contributed by atoms with Gasteiger partial charge in [-0.1, -0.05) is 27.7 Å². The van der Waals surface area contributed by atoms with Crippen LogP contribution in [0.1, 0.15) is 54.7 Å². The molecule has 0 spiro atoms. The molecule has 1 amide bonds. The van der Waals surface area contributed by atoms with E-state index in [1.54, 1.807) is 10.8 Å². The summed E-state index contributed by atoms with van der Waals surface area (Å²) >= 11 is 1.30. The lowest BCUT2D eigenvalue weighted by molar-refractivity contribution is -0.0756. The summed E-state index contributed by atoms with van der Waals surface area (Å²) in [5.41, 5.74) is -0.598. The van der Waals surface area contributed by atoms with Gasteiger partial charge in [0.15, 0.2) is 0 Å². The van der Waals surface area contributed by atoms with Crippen LogP contribution in [0, 0.1) is 5.92 Å². The smallest absolute Gasteiger partial charge is 0.329 e. The molecule has 0 radical (unpaired) electrons. The maximum Gasteiger partial charge on any atom is 0.331 e. The highest BCUT2D eigenvalue weighted by Gasteiger charge is 2.28. The molecule has 0 bridgehead atoms. The number of carbonyl (C=O) groups is 1. The van der Waals surface area contributed by atoms with Gasteiger partial charge in [-0.05, 0) is 5.92 Å². The minimum absolute atomic E-state index is 0.186. The van der Waals surface area contributed by atoms with Crippen LogP contribution in [0.5, 0.6) is 0 Å². The Kier molecular flexibility index (Phi) is 6.51. The zero-order valence-electron chi connectivity index (χ0n) is 19.0. The summed E-state index contributed by atoms with van der Waals surface area (Å²) in [5, 5.41) is 1.35. The summed E-state index contributed by atoms with van der Waals surface area (Å²) < 4.78 is 4.63. The van der Waals surface area contributed by atoms with E-state index in [1.807, 2.05) is 38.5 Å². The third-order valence-corrected chi connectivity index (χ3v) is 6.34. The van der Waals surface area contributed by atoms with Gasteiger partial charge in [-0.15, -0.1) is 11.3 Å². The van der Waals surface area contributed by atoms with Gasteiger partial charge in [0.1, 0.15) is 10.7 Å². The SMILES string of the molecule is CON(C)C(=O)c1c(Cn2ccnc2C(C)C)sc2c1c(=O)n(C)c(=O)n2CC(C)C. The van der Waals surface area contributed by atoms with E-state index in [9.17, 15) is 14.4 Å². The molecule has 0 aliphatic rings. The van der Waals surface area contributed by atoms with Gasteiger partial charge in [0, 0.05) is 43.8 Å². The minimum Gasteiger partial charge on any atom is -0.329 e. The number of hydroxylamine groups is 2. The van der Waals surface area contributed by atoms with E-state index in [0.29, 0.717) is 22.8 Å². The average molecular weight is 448 g/mol. The number of carbonyl (C=O) groups excluding carboxylic acids is 1. The van der Waals surface area contributed by atoms with Crippen molar-refractivity contribution < 1.29 is 9.63 Å². The first-order chi connectivity index (χ1) is 14.6. The Bertz CT molecular complexity index is 1230. The molecule has 3 rings (SSSR count). The first-order valence-electron chi connectivity index (χ1n) is 10.2. The number of hydrogen-bond acceptors (Lipinski definition) is 6. The van der Waals surface area contributed by atoms with Gasteiger partial charge in [0.2, 0.25) is 0 Å². The van der Waals surface area contributed by atoms with Gasteiger partial charge in [-0.2, -0.15) is 0 Å².